The zero-order chi connectivity index (χ0) is 26.1. The second-order valence-corrected chi connectivity index (χ2v) is 10.4. The zero-order valence-electron chi connectivity index (χ0n) is 22.0. The second-order valence-electron chi connectivity index (χ2n) is 9.47. The first-order chi connectivity index (χ1) is 18.7. The van der Waals surface area contributed by atoms with E-state index in [4.69, 9.17) is 4.99 Å². The molecule has 0 amide bonds. The molecule has 2 heterocycles. The summed E-state index contributed by atoms with van der Waals surface area (Å²) in [5, 5.41) is 8.78. The van der Waals surface area contributed by atoms with Crippen LogP contribution in [-0.4, -0.2) is 10.3 Å². The van der Waals surface area contributed by atoms with Crippen LogP contribution in [0.15, 0.2) is 120 Å². The molecule has 0 aliphatic carbocycles. The van der Waals surface area contributed by atoms with E-state index in [1.54, 1.807) is 0 Å². The van der Waals surface area contributed by atoms with E-state index < -0.39 is 0 Å². The Hall–Kier alpha value is -4.21. The van der Waals surface area contributed by atoms with Crippen molar-refractivity contribution in [2.24, 2.45) is 4.99 Å². The van der Waals surface area contributed by atoms with E-state index in [2.05, 4.69) is 102 Å². The molecule has 0 fully saturated rings. The van der Waals surface area contributed by atoms with Gasteiger partial charge in [0.05, 0.1) is 16.7 Å². The van der Waals surface area contributed by atoms with Gasteiger partial charge in [0, 0.05) is 37.6 Å². The summed E-state index contributed by atoms with van der Waals surface area (Å²) in [6.45, 7) is 6.22. The lowest BCUT2D eigenvalue weighted by molar-refractivity contribution is 1.18. The van der Waals surface area contributed by atoms with Crippen LogP contribution >= 0.6 is 11.3 Å². The third kappa shape index (κ3) is 4.09. The third-order valence-electron chi connectivity index (χ3n) is 7.00. The molecule has 2 aromatic heterocycles. The minimum absolute atomic E-state index is 0.933. The largest absolute Gasteiger partial charge is 0.309 e. The fraction of sp³-hybridized carbons (Fsp3) is 0.114. The van der Waals surface area contributed by atoms with Crippen molar-refractivity contribution in [3.8, 4) is 5.69 Å². The fourth-order valence-corrected chi connectivity index (χ4v) is 6.34. The van der Waals surface area contributed by atoms with Crippen molar-refractivity contribution in [1.29, 1.82) is 0 Å². The molecule has 186 valence electrons. The van der Waals surface area contributed by atoms with Crippen molar-refractivity contribution in [2.45, 2.75) is 27.2 Å². The van der Waals surface area contributed by atoms with E-state index in [1.807, 2.05) is 49.5 Å². The lowest BCUT2D eigenvalue weighted by Crippen LogP contribution is -1.95. The van der Waals surface area contributed by atoms with Crippen LogP contribution in [-0.2, 0) is 0 Å². The second kappa shape index (κ2) is 10.3. The molecule has 0 unspecified atom stereocenters. The highest BCUT2D eigenvalue weighted by molar-refractivity contribution is 7.18. The fourth-order valence-electron chi connectivity index (χ4n) is 5.37. The highest BCUT2D eigenvalue weighted by Crippen LogP contribution is 2.44. The molecule has 0 aliphatic rings. The number of hydrogen-bond acceptors (Lipinski definition) is 2. The summed E-state index contributed by atoms with van der Waals surface area (Å²) in [5.74, 6) is 0. The van der Waals surface area contributed by atoms with Crippen LogP contribution in [0.4, 0.5) is 0 Å². The number of allylic oxidation sites excluding steroid dienone is 5. The first-order valence-electron chi connectivity index (χ1n) is 13.2. The summed E-state index contributed by atoms with van der Waals surface area (Å²) in [6, 6.07) is 28.7. The van der Waals surface area contributed by atoms with Gasteiger partial charge in [-0.15, -0.1) is 11.3 Å². The van der Waals surface area contributed by atoms with Crippen molar-refractivity contribution < 1.29 is 0 Å². The Kier molecular flexibility index (Phi) is 6.53. The summed E-state index contributed by atoms with van der Waals surface area (Å²) >= 11 is 1.83. The van der Waals surface area contributed by atoms with E-state index >= 15 is 0 Å². The van der Waals surface area contributed by atoms with Crippen LogP contribution in [0, 0.1) is 0 Å². The molecule has 38 heavy (non-hydrogen) atoms. The van der Waals surface area contributed by atoms with Gasteiger partial charge in [-0.1, -0.05) is 85.8 Å². The first-order valence-corrected chi connectivity index (χ1v) is 14.1. The molecule has 4 aromatic carbocycles. The number of para-hydroxylation sites is 1. The van der Waals surface area contributed by atoms with Crippen molar-refractivity contribution in [2.75, 3.05) is 0 Å². The monoisotopic (exact) mass is 510 g/mol. The normalized spacial score (nSPS) is 13.3. The summed E-state index contributed by atoms with van der Waals surface area (Å²) < 4.78 is 3.79. The Morgan fingerprint density at radius 2 is 1.58 bits per heavy atom. The van der Waals surface area contributed by atoms with E-state index in [1.165, 1.54) is 42.7 Å². The van der Waals surface area contributed by atoms with E-state index in [0.29, 0.717) is 0 Å². The van der Waals surface area contributed by atoms with Gasteiger partial charge in [0.2, 0.25) is 0 Å². The van der Waals surface area contributed by atoms with Gasteiger partial charge in [-0.2, -0.15) is 0 Å². The SMILES string of the molecule is C\C=C/C=C\C(C)=N/C(=C\CC)c1ccc(-n2c3ccccc3c3c4sccc4c4ccccc4c32)cc1. The van der Waals surface area contributed by atoms with Gasteiger partial charge in [-0.25, -0.2) is 0 Å². The van der Waals surface area contributed by atoms with Gasteiger partial charge >= 0.3 is 0 Å². The molecule has 0 spiro atoms. The van der Waals surface area contributed by atoms with Gasteiger partial charge in [-0.05, 0) is 66.9 Å². The summed E-state index contributed by atoms with van der Waals surface area (Å²) in [5.41, 5.74) is 6.78. The Morgan fingerprint density at radius 1 is 0.842 bits per heavy atom. The van der Waals surface area contributed by atoms with E-state index in [9.17, 15) is 0 Å². The molecule has 0 aliphatic heterocycles. The molecule has 0 bridgehead atoms. The standard InChI is InChI=1S/C35H30N2S/c1-4-6-7-13-24(3)36-31(12-5-2)25-18-20-26(21-19-25)37-32-17-11-10-16-30(32)33-34(37)28-15-9-8-14-27(28)29-22-23-38-35(29)33/h4,6-23H,5H2,1-3H3/b6-4-,13-7-,31-12-,36-24-. The third-order valence-corrected chi connectivity index (χ3v) is 7.93. The van der Waals surface area contributed by atoms with Crippen LogP contribution in [0.2, 0.25) is 0 Å². The molecule has 0 radical (unpaired) electrons. The lowest BCUT2D eigenvalue weighted by atomic mass is 10.0. The topological polar surface area (TPSA) is 17.3 Å². The van der Waals surface area contributed by atoms with E-state index in [0.717, 1.165) is 29.1 Å². The van der Waals surface area contributed by atoms with Crippen molar-refractivity contribution >= 4 is 65.4 Å². The molecule has 0 saturated carbocycles. The molecule has 0 atom stereocenters. The minimum Gasteiger partial charge on any atom is -0.309 e. The Labute approximate surface area is 227 Å². The molecule has 0 N–H and O–H groups in total. The number of nitrogens with zero attached hydrogens (tertiary/aromatic N) is 2. The Balaban J connectivity index is 1.56. The maximum atomic E-state index is 4.92. The quantitative estimate of drug-likeness (QED) is 0.157. The van der Waals surface area contributed by atoms with Crippen LogP contribution in [0.25, 0.3) is 54.0 Å². The average molecular weight is 511 g/mol. The summed E-state index contributed by atoms with van der Waals surface area (Å²) in [6.07, 6.45) is 11.3. The molecule has 6 aromatic rings. The molecular weight excluding hydrogens is 480 g/mol. The lowest BCUT2D eigenvalue weighted by Gasteiger charge is -2.12. The predicted octanol–water partition coefficient (Wildman–Crippen LogP) is 10.5. The molecule has 3 heteroatoms. The molecular formula is C35H30N2S. The predicted molar refractivity (Wildman–Crippen MR) is 169 cm³/mol. The van der Waals surface area contributed by atoms with Gasteiger partial charge in [0.15, 0.2) is 0 Å². The van der Waals surface area contributed by atoms with Crippen molar-refractivity contribution in [1.82, 2.24) is 4.57 Å². The van der Waals surface area contributed by atoms with Crippen LogP contribution in [0.1, 0.15) is 32.8 Å². The maximum absolute atomic E-state index is 4.92. The highest BCUT2D eigenvalue weighted by Gasteiger charge is 2.19. The number of fused-ring (bicyclic) bond motifs is 8. The first kappa shape index (κ1) is 24.1. The number of aromatic nitrogens is 1. The number of aliphatic imine (C=N–C) groups is 1. The molecule has 0 saturated heterocycles. The maximum Gasteiger partial charge on any atom is 0.0665 e. The number of thiophene rings is 1. The smallest absolute Gasteiger partial charge is 0.0665 e. The van der Waals surface area contributed by atoms with Gasteiger partial charge < -0.3 is 4.57 Å². The highest BCUT2D eigenvalue weighted by atomic mass is 32.1. The van der Waals surface area contributed by atoms with Crippen molar-refractivity contribution in [3.63, 3.8) is 0 Å². The minimum atomic E-state index is 0.933. The van der Waals surface area contributed by atoms with Crippen LogP contribution < -0.4 is 0 Å². The van der Waals surface area contributed by atoms with Crippen molar-refractivity contribution in [3.05, 3.63) is 120 Å². The van der Waals surface area contributed by atoms with Crippen LogP contribution in [0.5, 0.6) is 0 Å². The van der Waals surface area contributed by atoms with Gasteiger partial charge in [0.1, 0.15) is 0 Å². The average Bonchev–Trinajstić information content (AvgIpc) is 3.57. The Morgan fingerprint density at radius 3 is 2.34 bits per heavy atom. The summed E-state index contributed by atoms with van der Waals surface area (Å²) in [4.78, 5) is 4.92. The summed E-state index contributed by atoms with van der Waals surface area (Å²) in [7, 11) is 0. The number of hydrogen-bond donors (Lipinski definition) is 0. The number of benzene rings is 4. The molecule has 2 nitrogen and oxygen atoms in total. The van der Waals surface area contributed by atoms with Gasteiger partial charge in [0.25, 0.3) is 0 Å². The zero-order valence-corrected chi connectivity index (χ0v) is 22.8. The van der Waals surface area contributed by atoms with Crippen LogP contribution in [0.3, 0.4) is 0 Å². The van der Waals surface area contributed by atoms with E-state index in [-0.39, 0.29) is 0 Å². The number of rotatable bonds is 6. The van der Waals surface area contributed by atoms with Gasteiger partial charge in [-0.3, -0.25) is 4.99 Å². The Bertz CT molecular complexity index is 1910. The molecule has 6 rings (SSSR count).